The molecule has 0 spiro atoms. The van der Waals surface area contributed by atoms with Crippen molar-refractivity contribution in [1.82, 2.24) is 29.9 Å². The minimum atomic E-state index is -5.20. The Labute approximate surface area is 504 Å². The summed E-state index contributed by atoms with van der Waals surface area (Å²) in [6.45, 7) is 0. The smallest absolute Gasteiger partial charge is 0.744 e. The van der Waals surface area contributed by atoms with E-state index in [4.69, 9.17) is 25.7 Å². The van der Waals surface area contributed by atoms with Crippen LogP contribution in [0.2, 0.25) is 0 Å². The number of hydrogen-bond donors (Lipinski definition) is 4. The molecule has 4 N–H and O–H groups in total. The quantitative estimate of drug-likeness (QED) is 0.00907. The maximum absolute atomic E-state index is 12.6. The van der Waals surface area contributed by atoms with Gasteiger partial charge in [-0.05, 0) is 71.8 Å². The summed E-state index contributed by atoms with van der Waals surface area (Å²) in [6.07, 6.45) is 24.6. The van der Waals surface area contributed by atoms with Gasteiger partial charge in [-0.2, -0.15) is 44.0 Å². The summed E-state index contributed by atoms with van der Waals surface area (Å²) in [5.41, 5.74) is 0.554. The number of rotatable bonds is 18. The summed E-state index contributed by atoms with van der Waals surface area (Å²) >= 11 is 0.443. The van der Waals surface area contributed by atoms with Gasteiger partial charge in [0.1, 0.15) is 30.4 Å². The fraction of sp³-hybridized carbons (Fsp3) is 0. The average Bonchev–Trinajstić information content (AvgIpc) is 3.28. The summed E-state index contributed by atoms with van der Waals surface area (Å²) in [6, 6.07) is 26.4. The van der Waals surface area contributed by atoms with Crippen LogP contribution in [0, 0.1) is 49.9 Å². The van der Waals surface area contributed by atoms with Gasteiger partial charge in [0.2, 0.25) is 23.8 Å². The molecule has 4 aromatic carbocycles. The molecule has 0 amide bonds. The van der Waals surface area contributed by atoms with Crippen molar-refractivity contribution in [2.24, 2.45) is 0 Å². The standard InChI is InChI=1S/C40H28N12O12S4.4Na/c1-5-51(6-2)39-47-35(41-27-11-9-13-31(21-27)66(54,55)56)45-37(49-39)43-29-19-17-25(33(23-29)65-64-63-53)15-16-26-18-20-30(24-34(26)68(60,61)62)44-38-46-36(48-40(50-38)52(7-3)8-4)42-28-12-10-14-32(22-28)67(57,58)59;;;;/h1-4,9-24,53H,(H,54,55,56)(H,57,58,59)(H,60,61,62)(H2,41,43,45,47,49)(H2,42,44,46,48,50);;;;/q;4*+1/p-4. The third kappa shape index (κ3) is 17.7. The van der Waals surface area contributed by atoms with Crippen molar-refractivity contribution in [3.63, 3.8) is 0 Å². The minimum Gasteiger partial charge on any atom is -0.744 e. The molecule has 6 rings (SSSR count). The largest absolute Gasteiger partial charge is 1.00 e. The van der Waals surface area contributed by atoms with Crippen LogP contribution >= 0.6 is 12.0 Å². The van der Waals surface area contributed by atoms with E-state index in [9.17, 15) is 44.2 Å². The van der Waals surface area contributed by atoms with Crippen LogP contribution in [0.4, 0.5) is 58.4 Å². The second kappa shape index (κ2) is 28.3. The van der Waals surface area contributed by atoms with Crippen LogP contribution in [-0.4, -0.2) is 68.8 Å². The number of hydrogen-bond acceptors (Lipinski definition) is 25. The molecule has 0 aliphatic carbocycles. The van der Waals surface area contributed by atoms with Crippen molar-refractivity contribution in [2.45, 2.75) is 19.6 Å². The predicted molar refractivity (Wildman–Crippen MR) is 240 cm³/mol. The van der Waals surface area contributed by atoms with Gasteiger partial charge in [0.25, 0.3) is 11.9 Å². The number of nitrogens with zero attached hydrogens (tertiary/aromatic N) is 8. The summed E-state index contributed by atoms with van der Waals surface area (Å²) < 4.78 is 112. The van der Waals surface area contributed by atoms with Gasteiger partial charge < -0.3 is 40.2 Å². The topological polar surface area (TPSA) is 345 Å². The van der Waals surface area contributed by atoms with Gasteiger partial charge >= 0.3 is 118 Å². The van der Waals surface area contributed by atoms with Gasteiger partial charge in [0.05, 0.1) is 26.7 Å². The van der Waals surface area contributed by atoms with Crippen LogP contribution in [0.15, 0.2) is 105 Å². The van der Waals surface area contributed by atoms with Crippen LogP contribution in [0.3, 0.4) is 0 Å². The van der Waals surface area contributed by atoms with Gasteiger partial charge in [-0.3, -0.25) is 5.04 Å². The number of aromatic nitrogens is 6. The Hall–Kier alpha value is -4.36. The summed E-state index contributed by atoms with van der Waals surface area (Å²) in [5, 5.41) is 25.5. The molecule has 32 heteroatoms. The van der Waals surface area contributed by atoms with Gasteiger partial charge in [-0.1, -0.05) is 62.1 Å². The van der Waals surface area contributed by atoms with E-state index in [1.54, 1.807) is 0 Å². The third-order valence-electron chi connectivity index (χ3n) is 8.32. The first-order valence-corrected chi connectivity index (χ1v) is 23.0. The molecule has 0 bridgehead atoms. The van der Waals surface area contributed by atoms with Crippen molar-refractivity contribution in [1.29, 1.82) is 0 Å². The van der Waals surface area contributed by atoms with E-state index < -0.39 is 45.0 Å². The molecule has 6 aromatic rings. The zero-order valence-electron chi connectivity index (χ0n) is 37.7. The first-order valence-electron chi connectivity index (χ1n) is 18.0. The van der Waals surface area contributed by atoms with Crippen LogP contribution in [0.25, 0.3) is 12.2 Å². The maximum Gasteiger partial charge on any atom is 1.00 e. The SMILES string of the molecule is C#CN(C#C)c1nc(Nc2cccc(S(=O)(=O)[O-])c2)nc(Nc2ccc(C=Cc3ccc(Nc4nc(Nc5cccc(S(=O)(=O)[O-])c5)nc(N(C#C)C#C)n4)cc3S(=O)(=O)[O-])c(SOO[O-])c2)n1.[Na+].[Na+].[Na+].[Na+]. The number of anilines is 10. The van der Waals surface area contributed by atoms with Crippen LogP contribution in [0.1, 0.15) is 11.1 Å². The molecule has 2 aromatic heterocycles. The fourth-order valence-corrected chi connectivity index (χ4v) is 7.69. The summed E-state index contributed by atoms with van der Waals surface area (Å²) in [7, 11) is -14.8. The molecule has 0 saturated heterocycles. The molecule has 2 heterocycles. The molecule has 0 fully saturated rings. The van der Waals surface area contributed by atoms with Crippen molar-refractivity contribution < 1.29 is 172 Å². The van der Waals surface area contributed by atoms with E-state index in [2.05, 4.69) is 84.7 Å². The van der Waals surface area contributed by atoms with E-state index in [0.717, 1.165) is 40.1 Å². The van der Waals surface area contributed by atoms with Crippen molar-refractivity contribution >= 4 is 113 Å². The molecule has 0 aliphatic rings. The number of terminal acetylenes is 4. The Kier molecular flexibility index (Phi) is 25.1. The molecule has 0 unspecified atom stereocenters. The molecule has 72 heavy (non-hydrogen) atoms. The molecule has 0 atom stereocenters. The van der Waals surface area contributed by atoms with Gasteiger partial charge in [0.15, 0.2) is 0 Å². The molecular formula is C40H24N12Na4O12S4. The van der Waals surface area contributed by atoms with Crippen molar-refractivity contribution in [2.75, 3.05) is 31.1 Å². The van der Waals surface area contributed by atoms with Gasteiger partial charge in [0, 0.05) is 51.8 Å². The number of benzene rings is 4. The van der Waals surface area contributed by atoms with Gasteiger partial charge in [-0.25, -0.2) is 25.3 Å². The van der Waals surface area contributed by atoms with E-state index in [1.807, 2.05) is 0 Å². The second-order valence-electron chi connectivity index (χ2n) is 12.7. The Morgan fingerprint density at radius 2 is 0.889 bits per heavy atom. The fourth-order valence-electron chi connectivity index (χ4n) is 5.45. The molecule has 24 nitrogen and oxygen atoms in total. The Morgan fingerprint density at radius 1 is 0.514 bits per heavy atom. The monoisotopic (exact) mass is 1080 g/mol. The molecule has 344 valence electrons. The van der Waals surface area contributed by atoms with Crippen LogP contribution in [0.5, 0.6) is 0 Å². The van der Waals surface area contributed by atoms with Gasteiger partial charge in [-0.15, -0.1) is 0 Å². The average molecular weight is 1080 g/mol. The maximum atomic E-state index is 12.6. The first kappa shape index (κ1) is 63.8. The Balaban J connectivity index is 0.00000444. The molecular weight excluding hydrogens is 1060 g/mol. The predicted octanol–water partition coefficient (Wildman–Crippen LogP) is -8.86. The van der Waals surface area contributed by atoms with Crippen LogP contribution < -0.4 is 155 Å². The normalized spacial score (nSPS) is 10.7. The Bertz CT molecular complexity index is 3480. The van der Waals surface area contributed by atoms with E-state index >= 15 is 0 Å². The first-order chi connectivity index (χ1) is 32.3. The summed E-state index contributed by atoms with van der Waals surface area (Å²) in [4.78, 5) is 25.2. The Morgan fingerprint density at radius 3 is 1.26 bits per heavy atom. The summed E-state index contributed by atoms with van der Waals surface area (Å²) in [5.74, 6) is -1.44. The molecule has 0 saturated carbocycles. The van der Waals surface area contributed by atoms with E-state index in [1.165, 1.54) is 66.7 Å². The van der Waals surface area contributed by atoms with E-state index in [0.29, 0.717) is 12.0 Å². The van der Waals surface area contributed by atoms with E-state index in [-0.39, 0.29) is 193 Å². The number of nitrogens with one attached hydrogen (secondary N) is 4. The molecule has 0 aliphatic heterocycles. The van der Waals surface area contributed by atoms with Crippen LogP contribution in [-0.2, 0) is 39.7 Å². The molecule has 0 radical (unpaired) electrons. The zero-order chi connectivity index (χ0) is 49.2. The zero-order valence-corrected chi connectivity index (χ0v) is 48.9. The third-order valence-corrected chi connectivity index (χ3v) is 11.5. The van der Waals surface area contributed by atoms with Crippen molar-refractivity contribution in [3.8, 4) is 49.9 Å². The van der Waals surface area contributed by atoms with Crippen molar-refractivity contribution in [3.05, 3.63) is 96.1 Å². The minimum absolute atomic E-state index is 0. The second-order valence-corrected chi connectivity index (χ2v) is 17.6.